The zero-order chi connectivity index (χ0) is 27.4. The number of amides is 1. The third kappa shape index (κ3) is 5.70. The van der Waals surface area contributed by atoms with E-state index in [2.05, 4.69) is 29.7 Å². The van der Waals surface area contributed by atoms with Gasteiger partial charge in [0.1, 0.15) is 27.6 Å². The van der Waals surface area contributed by atoms with Crippen molar-refractivity contribution in [3.8, 4) is 6.07 Å². The average molecular weight is 554 g/mol. The Balaban J connectivity index is 1.79. The summed E-state index contributed by atoms with van der Waals surface area (Å²) in [5.74, 6) is 0.183. The van der Waals surface area contributed by atoms with Crippen LogP contribution in [0.5, 0.6) is 0 Å². The van der Waals surface area contributed by atoms with Crippen molar-refractivity contribution in [2.75, 3.05) is 37.6 Å². The van der Waals surface area contributed by atoms with Crippen molar-refractivity contribution in [3.05, 3.63) is 67.6 Å². The molecule has 0 saturated carbocycles. The molecular formula is C28H32FN5O2S2. The number of unbranched alkanes of at least 4 members (excludes halogenated alkanes) is 1. The fourth-order valence-corrected chi connectivity index (χ4v) is 6.06. The van der Waals surface area contributed by atoms with Crippen LogP contribution in [-0.4, -0.2) is 57.3 Å². The van der Waals surface area contributed by atoms with Gasteiger partial charge in [0, 0.05) is 38.3 Å². The highest BCUT2D eigenvalue weighted by atomic mass is 32.2. The van der Waals surface area contributed by atoms with Gasteiger partial charge in [-0.1, -0.05) is 56.4 Å². The molecule has 0 N–H and O–H groups in total. The number of hydrogen-bond acceptors (Lipinski definition) is 7. The van der Waals surface area contributed by atoms with Crippen LogP contribution >= 0.6 is 24.0 Å². The van der Waals surface area contributed by atoms with Crippen LogP contribution in [0.4, 0.5) is 10.2 Å². The van der Waals surface area contributed by atoms with E-state index in [0.29, 0.717) is 26.9 Å². The predicted molar refractivity (Wildman–Crippen MR) is 155 cm³/mol. The number of aromatic nitrogens is 1. The lowest BCUT2D eigenvalue weighted by molar-refractivity contribution is -0.122. The van der Waals surface area contributed by atoms with Crippen molar-refractivity contribution in [3.63, 3.8) is 0 Å². The topological polar surface area (TPSA) is 72.6 Å². The maximum absolute atomic E-state index is 13.5. The number of anilines is 1. The molecule has 0 atom stereocenters. The Labute approximate surface area is 232 Å². The van der Waals surface area contributed by atoms with Crippen LogP contribution in [0.3, 0.4) is 0 Å². The number of nitrogens with zero attached hydrogens (tertiary/aromatic N) is 5. The summed E-state index contributed by atoms with van der Waals surface area (Å²) in [6.07, 6.45) is 3.50. The summed E-state index contributed by atoms with van der Waals surface area (Å²) in [7, 11) is 0. The number of nitriles is 1. The molecular weight excluding hydrogens is 521 g/mol. The van der Waals surface area contributed by atoms with Gasteiger partial charge in [-0.2, -0.15) is 5.26 Å². The third-order valence-corrected chi connectivity index (χ3v) is 8.48. The van der Waals surface area contributed by atoms with E-state index in [0.717, 1.165) is 56.9 Å². The lowest BCUT2D eigenvalue weighted by Gasteiger charge is -2.37. The maximum Gasteiger partial charge on any atom is 0.270 e. The number of rotatable bonds is 8. The van der Waals surface area contributed by atoms with Gasteiger partial charge in [-0.15, -0.1) is 0 Å². The first-order valence-electron chi connectivity index (χ1n) is 12.9. The van der Waals surface area contributed by atoms with Gasteiger partial charge in [0.15, 0.2) is 0 Å². The van der Waals surface area contributed by atoms with Crippen LogP contribution in [0.25, 0.3) is 6.08 Å². The van der Waals surface area contributed by atoms with Gasteiger partial charge in [0.05, 0.1) is 11.4 Å². The molecule has 1 aromatic heterocycles. The van der Waals surface area contributed by atoms with E-state index < -0.39 is 0 Å². The number of thiocarbonyl (C=S) groups is 1. The number of piperazine rings is 1. The van der Waals surface area contributed by atoms with E-state index in [9.17, 15) is 19.2 Å². The molecule has 2 aliphatic heterocycles. The Morgan fingerprint density at radius 3 is 2.42 bits per heavy atom. The molecule has 2 saturated heterocycles. The summed E-state index contributed by atoms with van der Waals surface area (Å²) in [6.45, 7) is 10.9. The number of benzene rings is 1. The SMILES string of the molecule is CCCCn1c(N2CCN(CC)CC2)c(/C=C2/SC(=S)N(Cc3ccc(F)cc3)C2=O)c(C)c(C#N)c1=O. The largest absolute Gasteiger partial charge is 0.355 e. The molecule has 2 aliphatic rings. The second kappa shape index (κ2) is 12.2. The molecule has 4 rings (SSSR count). The standard InChI is InChI=1S/C28H32FN5O2S2/c1-4-6-11-33-25(32-14-12-31(5-2)13-15-32)22(19(3)23(17-30)26(33)35)16-24-27(36)34(28(37)38-24)18-20-7-9-21(29)10-8-20/h7-10,16H,4-6,11-15,18H2,1-3H3/b24-16+. The minimum atomic E-state index is -0.340. The molecule has 38 heavy (non-hydrogen) atoms. The van der Waals surface area contributed by atoms with Crippen molar-refractivity contribution in [2.45, 2.75) is 46.7 Å². The molecule has 200 valence electrons. The van der Waals surface area contributed by atoms with Crippen LogP contribution in [0, 0.1) is 24.1 Å². The highest BCUT2D eigenvalue weighted by Crippen LogP contribution is 2.37. The third-order valence-electron chi connectivity index (χ3n) is 7.10. The lowest BCUT2D eigenvalue weighted by atomic mass is 10.0. The summed E-state index contributed by atoms with van der Waals surface area (Å²) in [6, 6.07) is 8.11. The number of pyridine rings is 1. The summed E-state index contributed by atoms with van der Waals surface area (Å²) in [5, 5.41) is 9.89. The second-order valence-corrected chi connectivity index (χ2v) is 11.2. The van der Waals surface area contributed by atoms with Crippen molar-refractivity contribution in [1.82, 2.24) is 14.4 Å². The molecule has 1 amide bonds. The smallest absolute Gasteiger partial charge is 0.270 e. The molecule has 1 aromatic carbocycles. The van der Waals surface area contributed by atoms with E-state index in [4.69, 9.17) is 12.2 Å². The van der Waals surface area contributed by atoms with Gasteiger partial charge in [-0.3, -0.25) is 19.1 Å². The van der Waals surface area contributed by atoms with Gasteiger partial charge < -0.3 is 9.80 Å². The number of halogens is 1. The lowest BCUT2D eigenvalue weighted by Crippen LogP contribution is -2.48. The van der Waals surface area contributed by atoms with Crippen molar-refractivity contribution >= 4 is 46.1 Å². The first-order valence-corrected chi connectivity index (χ1v) is 14.2. The number of thioether (sulfide) groups is 1. The quantitative estimate of drug-likeness (QED) is 0.352. The molecule has 10 heteroatoms. The second-order valence-electron chi connectivity index (χ2n) is 9.48. The van der Waals surface area contributed by atoms with E-state index in [1.54, 1.807) is 29.7 Å². The zero-order valence-corrected chi connectivity index (χ0v) is 23.6. The van der Waals surface area contributed by atoms with Crippen molar-refractivity contribution in [2.24, 2.45) is 0 Å². The Kier molecular flexibility index (Phi) is 9.03. The molecule has 0 aliphatic carbocycles. The number of likely N-dealkylation sites (N-methyl/N-ethyl adjacent to an activating group) is 1. The van der Waals surface area contributed by atoms with Gasteiger partial charge in [-0.25, -0.2) is 4.39 Å². The summed E-state index contributed by atoms with van der Waals surface area (Å²) >= 11 is 6.74. The monoisotopic (exact) mass is 553 g/mol. The van der Waals surface area contributed by atoms with E-state index >= 15 is 0 Å². The normalized spacial score (nSPS) is 17.5. The Morgan fingerprint density at radius 1 is 1.13 bits per heavy atom. The van der Waals surface area contributed by atoms with Gasteiger partial charge in [-0.05, 0) is 49.2 Å². The molecule has 3 heterocycles. The minimum Gasteiger partial charge on any atom is -0.355 e. The van der Waals surface area contributed by atoms with Crippen LogP contribution < -0.4 is 10.5 Å². The van der Waals surface area contributed by atoms with Gasteiger partial charge >= 0.3 is 0 Å². The molecule has 2 fully saturated rings. The first kappa shape index (κ1) is 28.0. The van der Waals surface area contributed by atoms with Crippen molar-refractivity contribution < 1.29 is 9.18 Å². The highest BCUT2D eigenvalue weighted by Gasteiger charge is 2.33. The van der Waals surface area contributed by atoms with Crippen LogP contribution in [0.2, 0.25) is 0 Å². The number of carbonyl (C=O) groups is 1. The molecule has 0 unspecified atom stereocenters. The summed E-state index contributed by atoms with van der Waals surface area (Å²) in [4.78, 5) is 33.4. The Hall–Kier alpha value is -3.00. The average Bonchev–Trinajstić information content (AvgIpc) is 3.18. The number of carbonyl (C=O) groups excluding carboxylic acids is 1. The van der Waals surface area contributed by atoms with Crippen LogP contribution in [-0.2, 0) is 17.9 Å². The van der Waals surface area contributed by atoms with Crippen molar-refractivity contribution in [1.29, 1.82) is 5.26 Å². The molecule has 2 aromatic rings. The van der Waals surface area contributed by atoms with E-state index in [-0.39, 0.29) is 29.4 Å². The fourth-order valence-electron chi connectivity index (χ4n) is 4.82. The van der Waals surface area contributed by atoms with E-state index in [1.807, 2.05) is 0 Å². The number of hydrogen-bond donors (Lipinski definition) is 0. The molecule has 0 radical (unpaired) electrons. The minimum absolute atomic E-state index is 0.102. The van der Waals surface area contributed by atoms with Gasteiger partial charge in [0.2, 0.25) is 0 Å². The first-order chi connectivity index (χ1) is 18.3. The maximum atomic E-state index is 13.5. The molecule has 7 nitrogen and oxygen atoms in total. The van der Waals surface area contributed by atoms with Gasteiger partial charge in [0.25, 0.3) is 11.5 Å². The predicted octanol–water partition coefficient (Wildman–Crippen LogP) is 4.51. The van der Waals surface area contributed by atoms with E-state index in [1.165, 1.54) is 28.8 Å². The van der Waals surface area contributed by atoms with Crippen LogP contribution in [0.1, 0.15) is 48.9 Å². The van der Waals surface area contributed by atoms with Crippen LogP contribution in [0.15, 0.2) is 34.0 Å². The summed E-state index contributed by atoms with van der Waals surface area (Å²) < 4.78 is 15.5. The Morgan fingerprint density at radius 2 is 1.82 bits per heavy atom. The Bertz CT molecular complexity index is 1360. The zero-order valence-electron chi connectivity index (χ0n) is 22.0. The highest BCUT2D eigenvalue weighted by molar-refractivity contribution is 8.26. The fraction of sp³-hybridized carbons (Fsp3) is 0.429. The summed E-state index contributed by atoms with van der Waals surface area (Å²) in [5.41, 5.74) is 1.87. The molecule has 0 spiro atoms. The molecule has 0 bridgehead atoms.